The number of carbonyl (C=O) groups excluding carboxylic acids is 1. The molecule has 14 heteroatoms. The lowest BCUT2D eigenvalue weighted by atomic mass is 10.1. The summed E-state index contributed by atoms with van der Waals surface area (Å²) >= 11 is 10.1. The van der Waals surface area contributed by atoms with Crippen molar-refractivity contribution in [3.8, 4) is 5.75 Å². The second-order valence-corrected chi connectivity index (χ2v) is 6.96. The molecule has 0 radical (unpaired) electrons. The topological polar surface area (TPSA) is 50.4 Å². The summed E-state index contributed by atoms with van der Waals surface area (Å²) in [5.74, 6) is -0.380. The van der Waals surface area contributed by atoms with E-state index in [9.17, 15) is 39.9 Å². The monoisotopic (exact) mass is 496 g/mol. The zero-order chi connectivity index (χ0) is 23.6. The second kappa shape index (κ2) is 8.95. The molecule has 0 saturated heterocycles. The minimum absolute atomic E-state index is 0.0375. The quantitative estimate of drug-likeness (QED) is 0.341. The van der Waals surface area contributed by atoms with E-state index in [1.54, 1.807) is 0 Å². The predicted octanol–water partition coefficient (Wildman–Crippen LogP) is 7.14. The summed E-state index contributed by atoms with van der Waals surface area (Å²) in [7, 11) is 0. The first-order chi connectivity index (χ1) is 14.1. The van der Waals surface area contributed by atoms with Crippen molar-refractivity contribution < 1.29 is 44.7 Å². The zero-order valence-corrected chi connectivity index (χ0v) is 16.2. The van der Waals surface area contributed by atoms with Crippen LogP contribution in [0.1, 0.15) is 11.1 Å². The van der Waals surface area contributed by atoms with Crippen molar-refractivity contribution >= 4 is 40.6 Å². The van der Waals surface area contributed by atoms with Crippen molar-refractivity contribution in [2.45, 2.75) is 23.3 Å². The molecule has 0 aliphatic carbocycles. The molecule has 0 aliphatic heterocycles. The van der Waals surface area contributed by atoms with E-state index in [0.717, 1.165) is 24.3 Å². The van der Waals surface area contributed by atoms with E-state index in [2.05, 4.69) is 10.1 Å². The van der Waals surface area contributed by atoms with E-state index in [4.69, 9.17) is 23.2 Å². The molecule has 0 fully saturated rings. The molecule has 2 amide bonds. The second-order valence-electron chi connectivity index (χ2n) is 5.86. The molecule has 0 saturated carbocycles. The van der Waals surface area contributed by atoms with Gasteiger partial charge in [0.1, 0.15) is 5.75 Å². The highest BCUT2D eigenvalue weighted by Crippen LogP contribution is 2.37. The first-order valence-electron chi connectivity index (χ1n) is 7.90. The van der Waals surface area contributed by atoms with E-state index in [1.807, 2.05) is 5.32 Å². The van der Waals surface area contributed by atoms with Gasteiger partial charge in [0.2, 0.25) is 4.84 Å². The molecule has 2 rings (SSSR count). The highest BCUT2D eigenvalue weighted by atomic mass is 35.5. The number of hydrogen-bond acceptors (Lipinski definition) is 2. The fourth-order valence-corrected chi connectivity index (χ4v) is 2.22. The highest BCUT2D eigenvalue weighted by Gasteiger charge is 2.40. The molecule has 2 aromatic carbocycles. The number of amides is 2. The van der Waals surface area contributed by atoms with Crippen LogP contribution in [0.5, 0.6) is 5.75 Å². The maximum atomic E-state index is 13.3. The third-order valence-corrected chi connectivity index (χ3v) is 3.97. The van der Waals surface area contributed by atoms with Crippen LogP contribution >= 0.6 is 23.2 Å². The van der Waals surface area contributed by atoms with Gasteiger partial charge >= 0.3 is 24.5 Å². The van der Waals surface area contributed by atoms with Gasteiger partial charge in [-0.1, -0.05) is 23.2 Å². The van der Waals surface area contributed by atoms with Gasteiger partial charge in [0.15, 0.2) is 0 Å². The van der Waals surface area contributed by atoms with Crippen molar-refractivity contribution in [1.29, 1.82) is 0 Å². The van der Waals surface area contributed by atoms with Crippen LogP contribution in [0.3, 0.4) is 0 Å². The minimum Gasteiger partial charge on any atom is -0.431 e. The van der Waals surface area contributed by atoms with Gasteiger partial charge in [-0.2, -0.15) is 35.1 Å². The van der Waals surface area contributed by atoms with Gasteiger partial charge in [0, 0.05) is 11.4 Å². The molecule has 0 unspecified atom stereocenters. The summed E-state index contributed by atoms with van der Waals surface area (Å²) in [6.45, 7) is 0. The zero-order valence-electron chi connectivity index (χ0n) is 14.7. The van der Waals surface area contributed by atoms with Gasteiger partial charge < -0.3 is 15.4 Å². The molecule has 0 bridgehead atoms. The molecule has 31 heavy (non-hydrogen) atoms. The molecule has 2 N–H and O–H groups in total. The van der Waals surface area contributed by atoms with Gasteiger partial charge in [-0.15, -0.1) is 0 Å². The fraction of sp³-hybridized carbons (Fsp3) is 0.235. The average molecular weight is 497 g/mol. The van der Waals surface area contributed by atoms with Crippen LogP contribution in [0.4, 0.5) is 51.3 Å². The van der Waals surface area contributed by atoms with E-state index in [0.29, 0.717) is 12.1 Å². The Kier molecular flexibility index (Phi) is 7.16. The van der Waals surface area contributed by atoms with Crippen molar-refractivity contribution in [2.24, 2.45) is 0 Å². The summed E-state index contributed by atoms with van der Waals surface area (Å²) in [6.07, 6.45) is -14.1. The van der Waals surface area contributed by atoms with E-state index in [1.165, 1.54) is 0 Å². The minimum atomic E-state index is -5.09. The molecule has 170 valence electrons. The SMILES string of the molecule is O=C(Nc1ccc(OC(F)(F)C(Cl)Cl)cc1)Nc1cc(C(F)(F)F)cc(C(F)(F)F)c1. The van der Waals surface area contributed by atoms with Crippen LogP contribution in [-0.2, 0) is 12.4 Å². The number of hydrogen-bond donors (Lipinski definition) is 2. The average Bonchev–Trinajstić information content (AvgIpc) is 2.61. The number of nitrogens with one attached hydrogen (secondary N) is 2. The third kappa shape index (κ3) is 7.03. The number of alkyl halides is 10. The molecular formula is C17H10Cl2F8N2O2. The van der Waals surface area contributed by atoms with E-state index < -0.39 is 46.1 Å². The molecule has 0 heterocycles. The standard InChI is InChI=1S/C17H10Cl2F8N2O2/c18-13(19)17(26,27)31-12-3-1-10(2-4-12)28-14(30)29-11-6-8(15(20,21)22)5-9(7-11)16(23,24)25/h1-7,13H,(H2,28,29,30). The maximum Gasteiger partial charge on any atom is 0.428 e. The van der Waals surface area contributed by atoms with Crippen LogP contribution in [0, 0.1) is 0 Å². The van der Waals surface area contributed by atoms with Crippen LogP contribution < -0.4 is 15.4 Å². The Morgan fingerprint density at radius 3 is 1.65 bits per heavy atom. The number of ether oxygens (including phenoxy) is 1. The first-order valence-corrected chi connectivity index (χ1v) is 8.78. The fourth-order valence-electron chi connectivity index (χ4n) is 2.13. The van der Waals surface area contributed by atoms with Crippen LogP contribution in [0.2, 0.25) is 0 Å². The Morgan fingerprint density at radius 2 is 1.23 bits per heavy atom. The number of carbonyl (C=O) groups is 1. The molecule has 0 aromatic heterocycles. The lowest BCUT2D eigenvalue weighted by molar-refractivity contribution is -0.163. The number of rotatable bonds is 5. The normalized spacial score (nSPS) is 12.6. The highest BCUT2D eigenvalue weighted by molar-refractivity contribution is 6.44. The third-order valence-electron chi connectivity index (χ3n) is 3.47. The maximum absolute atomic E-state index is 13.3. The van der Waals surface area contributed by atoms with Gasteiger partial charge in [0.05, 0.1) is 11.1 Å². The Balaban J connectivity index is 2.14. The smallest absolute Gasteiger partial charge is 0.428 e. The summed E-state index contributed by atoms with van der Waals surface area (Å²) in [4.78, 5) is 9.77. The first kappa shape index (κ1) is 24.8. The summed E-state index contributed by atoms with van der Waals surface area (Å²) in [5.41, 5.74) is -4.03. The number of urea groups is 1. The Labute approximate surface area is 179 Å². The molecule has 0 spiro atoms. The van der Waals surface area contributed by atoms with Crippen LogP contribution in [-0.4, -0.2) is 17.0 Å². The Bertz CT molecular complexity index is 899. The molecule has 4 nitrogen and oxygen atoms in total. The summed E-state index contributed by atoms with van der Waals surface area (Å²) < 4.78 is 108. The van der Waals surface area contributed by atoms with Gasteiger partial charge in [-0.25, -0.2) is 4.79 Å². The van der Waals surface area contributed by atoms with Crippen molar-refractivity contribution in [1.82, 2.24) is 0 Å². The molecule has 2 aromatic rings. The summed E-state index contributed by atoms with van der Waals surface area (Å²) in [5, 5.41) is 3.96. The van der Waals surface area contributed by atoms with Crippen molar-refractivity contribution in [2.75, 3.05) is 10.6 Å². The predicted molar refractivity (Wildman–Crippen MR) is 96.6 cm³/mol. The van der Waals surface area contributed by atoms with Crippen molar-refractivity contribution in [3.05, 3.63) is 53.6 Å². The Morgan fingerprint density at radius 1 is 0.774 bits per heavy atom. The Hall–Kier alpha value is -2.47. The lowest BCUT2D eigenvalue weighted by Crippen LogP contribution is -2.32. The number of anilines is 2. The van der Waals surface area contributed by atoms with Crippen LogP contribution in [0.25, 0.3) is 0 Å². The van der Waals surface area contributed by atoms with E-state index >= 15 is 0 Å². The number of halogens is 10. The molecule has 0 aliphatic rings. The number of benzene rings is 2. The molecular weight excluding hydrogens is 487 g/mol. The van der Waals surface area contributed by atoms with Crippen LogP contribution in [0.15, 0.2) is 42.5 Å². The molecule has 0 atom stereocenters. The van der Waals surface area contributed by atoms with Gasteiger partial charge in [-0.3, -0.25) is 0 Å². The lowest BCUT2D eigenvalue weighted by Gasteiger charge is -2.18. The largest absolute Gasteiger partial charge is 0.431 e. The van der Waals surface area contributed by atoms with Gasteiger partial charge in [-0.05, 0) is 42.5 Å². The summed E-state index contributed by atoms with van der Waals surface area (Å²) in [6, 6.07) is 3.51. The van der Waals surface area contributed by atoms with Crippen molar-refractivity contribution in [3.63, 3.8) is 0 Å². The van der Waals surface area contributed by atoms with Gasteiger partial charge in [0.25, 0.3) is 0 Å². The van der Waals surface area contributed by atoms with E-state index in [-0.39, 0.29) is 17.5 Å².